The molecule has 4 rings (SSSR count). The van der Waals surface area contributed by atoms with E-state index in [0.717, 1.165) is 54.5 Å². The molecule has 0 amide bonds. The van der Waals surface area contributed by atoms with Crippen LogP contribution in [-0.2, 0) is 13.0 Å². The Labute approximate surface area is 214 Å². The van der Waals surface area contributed by atoms with Gasteiger partial charge in [-0.05, 0) is 75.4 Å². The number of hydrogen-bond donors (Lipinski definition) is 1. The Hall–Kier alpha value is -3.31. The van der Waals surface area contributed by atoms with Crippen molar-refractivity contribution in [2.24, 2.45) is 0 Å². The van der Waals surface area contributed by atoms with Gasteiger partial charge in [0.2, 0.25) is 0 Å². The fourth-order valence-electron chi connectivity index (χ4n) is 4.66. The van der Waals surface area contributed by atoms with Gasteiger partial charge in [-0.15, -0.1) is 0 Å². The van der Waals surface area contributed by atoms with Crippen molar-refractivity contribution in [1.82, 2.24) is 24.6 Å². The number of aryl methyl sites for hydroxylation is 1. The third-order valence-corrected chi connectivity index (χ3v) is 6.63. The lowest BCUT2D eigenvalue weighted by atomic mass is 10.2. The van der Waals surface area contributed by atoms with Gasteiger partial charge in [0.05, 0.1) is 20.8 Å². The Bertz CT molecular complexity index is 1220. The van der Waals surface area contributed by atoms with E-state index in [1.54, 1.807) is 14.2 Å². The minimum atomic E-state index is 0.442. The topological polar surface area (TPSA) is 91.3 Å². The number of aromatic nitrogens is 4. The smallest absolute Gasteiger partial charge is 0.161 e. The van der Waals surface area contributed by atoms with Gasteiger partial charge in [-0.25, -0.2) is 9.97 Å². The number of rotatable bonds is 11. The van der Waals surface area contributed by atoms with Gasteiger partial charge in [-0.1, -0.05) is 25.3 Å². The quantitative estimate of drug-likeness (QED) is 0.314. The van der Waals surface area contributed by atoms with E-state index in [1.165, 1.54) is 38.9 Å². The molecule has 1 aliphatic heterocycles. The zero-order valence-corrected chi connectivity index (χ0v) is 21.8. The van der Waals surface area contributed by atoms with Gasteiger partial charge in [-0.3, -0.25) is 4.68 Å². The van der Waals surface area contributed by atoms with Gasteiger partial charge >= 0.3 is 0 Å². The first-order chi connectivity index (χ1) is 17.6. The minimum Gasteiger partial charge on any atom is -0.493 e. The third-order valence-electron chi connectivity index (χ3n) is 6.63. The van der Waals surface area contributed by atoms with E-state index in [2.05, 4.69) is 28.6 Å². The summed E-state index contributed by atoms with van der Waals surface area (Å²) >= 11 is 0. The molecule has 1 aromatic carbocycles. The molecule has 8 nitrogen and oxygen atoms in total. The molecule has 192 valence electrons. The molecule has 0 radical (unpaired) electrons. The van der Waals surface area contributed by atoms with Gasteiger partial charge in [0.15, 0.2) is 23.0 Å². The molecule has 0 aliphatic carbocycles. The first kappa shape index (κ1) is 25.8. The van der Waals surface area contributed by atoms with Crippen LogP contribution in [0.1, 0.15) is 69.0 Å². The number of ether oxygens (including phenoxy) is 2. The Morgan fingerprint density at radius 2 is 1.83 bits per heavy atom. The van der Waals surface area contributed by atoms with Crippen LogP contribution in [0, 0.1) is 11.8 Å². The largest absolute Gasteiger partial charge is 0.493 e. The number of nitrogens with two attached hydrogens (primary N) is 1. The standard InChI is InChI=1S/C28H38N6O2/c1-4-5-13-25-30-26-22(12-8-6-7-9-16-33-17-10-11-18-33)32-34(27(26)28(29)31-25)20-21-14-15-23(35-2)24(19-21)36-3/h14-15,19H,4-7,9-11,13,16-18,20H2,1-3H3,(H2,29,30,31). The maximum Gasteiger partial charge on any atom is 0.161 e. The normalized spacial score (nSPS) is 13.6. The van der Waals surface area contributed by atoms with Crippen LogP contribution in [0.3, 0.4) is 0 Å². The zero-order chi connectivity index (χ0) is 25.3. The summed E-state index contributed by atoms with van der Waals surface area (Å²) in [6.07, 6.45) is 8.68. The number of nitrogen functional groups attached to an aromatic ring is 1. The molecule has 8 heteroatoms. The number of hydrogen-bond acceptors (Lipinski definition) is 7. The number of methoxy groups -OCH3 is 2. The summed E-state index contributed by atoms with van der Waals surface area (Å²) in [5.41, 5.74) is 9.57. The van der Waals surface area contributed by atoms with Crippen LogP contribution in [0.25, 0.3) is 11.0 Å². The van der Waals surface area contributed by atoms with E-state index in [9.17, 15) is 0 Å². The highest BCUT2D eigenvalue weighted by atomic mass is 16.5. The van der Waals surface area contributed by atoms with E-state index >= 15 is 0 Å². The number of fused-ring (bicyclic) bond motifs is 1. The third kappa shape index (κ3) is 6.27. The molecular weight excluding hydrogens is 452 g/mol. The van der Waals surface area contributed by atoms with Crippen molar-refractivity contribution in [3.8, 4) is 23.3 Å². The molecule has 0 bridgehead atoms. The van der Waals surface area contributed by atoms with Crippen LogP contribution in [0.4, 0.5) is 5.82 Å². The Balaban J connectivity index is 1.57. The van der Waals surface area contributed by atoms with Crippen molar-refractivity contribution in [2.45, 2.75) is 64.8 Å². The first-order valence-electron chi connectivity index (χ1n) is 13.1. The lowest BCUT2D eigenvalue weighted by Crippen LogP contribution is -2.20. The highest BCUT2D eigenvalue weighted by molar-refractivity contribution is 5.88. The van der Waals surface area contributed by atoms with E-state index in [0.29, 0.717) is 29.6 Å². The van der Waals surface area contributed by atoms with E-state index in [-0.39, 0.29) is 0 Å². The lowest BCUT2D eigenvalue weighted by molar-refractivity contribution is 0.331. The number of benzene rings is 1. The van der Waals surface area contributed by atoms with Crippen molar-refractivity contribution in [3.63, 3.8) is 0 Å². The van der Waals surface area contributed by atoms with Crippen LogP contribution in [-0.4, -0.2) is 58.5 Å². The maximum absolute atomic E-state index is 6.44. The predicted molar refractivity (Wildman–Crippen MR) is 143 cm³/mol. The molecule has 1 fully saturated rings. The van der Waals surface area contributed by atoms with Gasteiger partial charge in [-0.2, -0.15) is 5.10 Å². The van der Waals surface area contributed by atoms with Crippen molar-refractivity contribution in [2.75, 3.05) is 39.6 Å². The average molecular weight is 491 g/mol. The average Bonchev–Trinajstić information content (AvgIpc) is 3.53. The lowest BCUT2D eigenvalue weighted by Gasteiger charge is -2.12. The molecule has 36 heavy (non-hydrogen) atoms. The van der Waals surface area contributed by atoms with Gasteiger partial charge in [0, 0.05) is 12.8 Å². The van der Waals surface area contributed by atoms with Gasteiger partial charge in [0.25, 0.3) is 0 Å². The van der Waals surface area contributed by atoms with Crippen molar-refractivity contribution in [1.29, 1.82) is 0 Å². The number of anilines is 1. The predicted octanol–water partition coefficient (Wildman–Crippen LogP) is 4.43. The van der Waals surface area contributed by atoms with Crippen LogP contribution < -0.4 is 15.2 Å². The molecule has 0 saturated carbocycles. The zero-order valence-electron chi connectivity index (χ0n) is 21.8. The second-order valence-electron chi connectivity index (χ2n) is 9.33. The summed E-state index contributed by atoms with van der Waals surface area (Å²) in [5, 5.41) is 4.83. The summed E-state index contributed by atoms with van der Waals surface area (Å²) < 4.78 is 12.7. The molecule has 0 spiro atoms. The molecule has 2 aromatic heterocycles. The fourth-order valence-corrected chi connectivity index (χ4v) is 4.66. The monoisotopic (exact) mass is 490 g/mol. The number of nitrogens with zero attached hydrogens (tertiary/aromatic N) is 5. The molecule has 1 aliphatic rings. The molecule has 2 N–H and O–H groups in total. The highest BCUT2D eigenvalue weighted by Crippen LogP contribution is 2.29. The molecule has 0 atom stereocenters. The maximum atomic E-state index is 6.44. The molecule has 1 saturated heterocycles. The second kappa shape index (κ2) is 12.6. The number of likely N-dealkylation sites (tertiary alicyclic amines) is 1. The van der Waals surface area contributed by atoms with Crippen LogP contribution in [0.15, 0.2) is 18.2 Å². The van der Waals surface area contributed by atoms with E-state index in [1.807, 2.05) is 22.9 Å². The minimum absolute atomic E-state index is 0.442. The summed E-state index contributed by atoms with van der Waals surface area (Å²) in [4.78, 5) is 12.0. The Kier molecular flexibility index (Phi) is 9.01. The fraction of sp³-hybridized carbons (Fsp3) is 0.536. The molecule has 3 heterocycles. The van der Waals surface area contributed by atoms with Crippen LogP contribution >= 0.6 is 0 Å². The van der Waals surface area contributed by atoms with Crippen molar-refractivity contribution in [3.05, 3.63) is 35.3 Å². The summed E-state index contributed by atoms with van der Waals surface area (Å²) in [6, 6.07) is 5.84. The summed E-state index contributed by atoms with van der Waals surface area (Å²) in [6.45, 7) is 6.32. The van der Waals surface area contributed by atoms with Gasteiger partial charge in [0.1, 0.15) is 16.9 Å². The highest BCUT2D eigenvalue weighted by Gasteiger charge is 2.17. The SMILES string of the molecule is CCCCc1nc(N)c2c(n1)c(C#CCCCCN1CCCC1)nn2Cc1ccc(OC)c(OC)c1. The molecular formula is C28H38N6O2. The van der Waals surface area contributed by atoms with Crippen LogP contribution in [0.2, 0.25) is 0 Å². The second-order valence-corrected chi connectivity index (χ2v) is 9.33. The van der Waals surface area contributed by atoms with Gasteiger partial charge < -0.3 is 20.1 Å². The van der Waals surface area contributed by atoms with Crippen molar-refractivity contribution < 1.29 is 9.47 Å². The van der Waals surface area contributed by atoms with Crippen molar-refractivity contribution >= 4 is 16.9 Å². The summed E-state index contributed by atoms with van der Waals surface area (Å²) in [5.74, 6) is 9.17. The first-order valence-corrected chi connectivity index (χ1v) is 13.1. The summed E-state index contributed by atoms with van der Waals surface area (Å²) in [7, 11) is 3.26. The number of unbranched alkanes of at least 4 members (excludes halogenated alkanes) is 3. The van der Waals surface area contributed by atoms with Crippen LogP contribution in [0.5, 0.6) is 11.5 Å². The van der Waals surface area contributed by atoms with E-state index in [4.69, 9.17) is 25.3 Å². The molecule has 0 unspecified atom stereocenters. The van der Waals surface area contributed by atoms with E-state index < -0.39 is 0 Å². The Morgan fingerprint density at radius 3 is 2.58 bits per heavy atom. The Morgan fingerprint density at radius 1 is 1.03 bits per heavy atom. The molecule has 3 aromatic rings.